The van der Waals surface area contributed by atoms with Gasteiger partial charge in [0, 0.05) is 19.8 Å². The molecule has 1 fully saturated rings. The Morgan fingerprint density at radius 2 is 0.696 bits per heavy atom. The first kappa shape index (κ1) is 99.8. The van der Waals surface area contributed by atoms with Crippen LogP contribution in [0.4, 0.5) is 0 Å². The summed E-state index contributed by atoms with van der Waals surface area (Å²) in [6.45, 7) is 6.42. The first-order valence-corrected chi connectivity index (χ1v) is 46.9. The second-order valence-corrected chi connectivity index (χ2v) is 33.5. The zero-order chi connectivity index (χ0) is 80.4. The van der Waals surface area contributed by atoms with Crippen molar-refractivity contribution in [2.75, 3.05) is 33.0 Å². The number of phosphoric ester groups is 1. The number of hydrogen-bond donors (Lipinski definition) is 7. The summed E-state index contributed by atoms with van der Waals surface area (Å²) < 4.78 is 51.0. The van der Waals surface area contributed by atoms with Gasteiger partial charge in [-0.05, 0) is 93.7 Å². The maximum Gasteiger partial charge on any atom is 0.470 e. The molecule has 0 aliphatic carbocycles. The Balaban J connectivity index is 1.59. The van der Waals surface area contributed by atoms with Crippen LogP contribution in [0, 0.1) is 0 Å². The van der Waals surface area contributed by atoms with E-state index in [4.69, 9.17) is 28.2 Å². The minimum atomic E-state index is -5.43. The van der Waals surface area contributed by atoms with Crippen molar-refractivity contribution in [2.24, 2.45) is 0 Å². The molecule has 3 aromatic carbocycles. The van der Waals surface area contributed by atoms with E-state index in [2.05, 4.69) is 110 Å². The first-order chi connectivity index (χ1) is 54.7. The van der Waals surface area contributed by atoms with Gasteiger partial charge in [-0.3, -0.25) is 18.9 Å². The third-order valence-electron chi connectivity index (χ3n) is 22.2. The quantitative estimate of drug-likeness (QED) is 0.0205. The summed E-state index contributed by atoms with van der Waals surface area (Å²) >= 11 is 0. The molecule has 7 N–H and O–H groups in total. The van der Waals surface area contributed by atoms with Crippen LogP contribution in [0.15, 0.2) is 91.0 Å². The van der Waals surface area contributed by atoms with E-state index < -0.39 is 99.7 Å². The highest BCUT2D eigenvalue weighted by atomic mass is 31.2. The average molecular weight is 1590 g/mol. The molecule has 18 nitrogen and oxygen atoms in total. The van der Waals surface area contributed by atoms with E-state index >= 15 is 4.79 Å². The van der Waals surface area contributed by atoms with Gasteiger partial charge in [-0.2, -0.15) is 0 Å². The molecular formula is C93H158N3O15P. The van der Waals surface area contributed by atoms with Crippen molar-refractivity contribution in [1.82, 2.24) is 16.0 Å². The maximum atomic E-state index is 15.0. The number of unbranched alkanes of at least 4 members (excludes halogenated alkanes) is 39. The molecule has 1 aliphatic rings. The van der Waals surface area contributed by atoms with Gasteiger partial charge in [-0.25, -0.2) is 9.36 Å². The lowest BCUT2D eigenvalue weighted by Gasteiger charge is -2.46. The lowest BCUT2D eigenvalue weighted by Crippen LogP contribution is -2.70. The van der Waals surface area contributed by atoms with Crippen LogP contribution < -0.4 is 16.0 Å². The molecule has 3 aromatic rings. The number of nitrogens with one attached hydrogen (secondary N) is 3. The smallest absolute Gasteiger partial charge is 0.470 e. The Kier molecular flexibility index (Phi) is 60.1. The molecule has 112 heavy (non-hydrogen) atoms. The molecule has 4 rings (SSSR count). The van der Waals surface area contributed by atoms with Gasteiger partial charge in [-0.15, -0.1) is 0 Å². The van der Waals surface area contributed by atoms with E-state index in [0.717, 1.165) is 212 Å². The number of carbonyl (C=O) groups excluding carboxylic acids is 3. The predicted octanol–water partition coefficient (Wildman–Crippen LogP) is 21.6. The van der Waals surface area contributed by atoms with Gasteiger partial charge in [0.05, 0.1) is 56.8 Å². The fourth-order valence-corrected chi connectivity index (χ4v) is 16.0. The Labute approximate surface area is 679 Å². The van der Waals surface area contributed by atoms with Gasteiger partial charge in [0.1, 0.15) is 18.2 Å². The summed E-state index contributed by atoms with van der Waals surface area (Å²) in [5.74, 6) is -3.07. The second kappa shape index (κ2) is 67.4. The molecule has 3 unspecified atom stereocenters. The summed E-state index contributed by atoms with van der Waals surface area (Å²) in [7, 11) is -5.43. The summed E-state index contributed by atoms with van der Waals surface area (Å²) in [4.78, 5) is 78.7. The SMILES string of the molecule is CCCCCCCCCCC[C@H](CC(=O)NC1C(NC(=O)C[C@@H](CCCCCCCCCCC)OCCCCCCCCc2ccccc2)[C@H](OP(=O)(O)O)C(CO)O[C@H]1OC[C@H](NC(=O)C[C@@H](CCCCCCCCCCC)OCCCCCCCCc1ccccc1)C(=O)O)OCCCCCCCCc1ccccc1. The minimum Gasteiger partial charge on any atom is -0.480 e. The molecule has 0 bridgehead atoms. The van der Waals surface area contributed by atoms with Crippen LogP contribution in [-0.4, -0.2) is 132 Å². The fourth-order valence-electron chi connectivity index (χ4n) is 15.5. The third-order valence-corrected chi connectivity index (χ3v) is 22.7. The summed E-state index contributed by atoms with van der Waals surface area (Å²) in [6, 6.07) is 27.0. The van der Waals surface area contributed by atoms with E-state index in [1.807, 2.05) is 18.2 Å². The zero-order valence-electron chi connectivity index (χ0n) is 70.3. The maximum absolute atomic E-state index is 15.0. The Hall–Kier alpha value is -4.59. The highest BCUT2D eigenvalue weighted by Crippen LogP contribution is 2.42. The van der Waals surface area contributed by atoms with E-state index in [9.17, 15) is 38.9 Å². The number of aliphatic carboxylic acids is 1. The largest absolute Gasteiger partial charge is 0.480 e. The summed E-state index contributed by atoms with van der Waals surface area (Å²) in [5, 5.41) is 30.6. The normalized spacial score (nSPS) is 16.9. The molecular weight excluding hydrogens is 1430 g/mol. The number of amides is 3. The topological polar surface area (TPSA) is 258 Å². The van der Waals surface area contributed by atoms with Crippen molar-refractivity contribution < 1.29 is 72.0 Å². The first-order valence-electron chi connectivity index (χ1n) is 45.4. The molecule has 640 valence electrons. The van der Waals surface area contributed by atoms with Crippen molar-refractivity contribution in [3.63, 3.8) is 0 Å². The van der Waals surface area contributed by atoms with Gasteiger partial charge >= 0.3 is 13.8 Å². The van der Waals surface area contributed by atoms with Gasteiger partial charge in [0.15, 0.2) is 12.3 Å². The predicted molar refractivity (Wildman–Crippen MR) is 454 cm³/mol. The lowest BCUT2D eigenvalue weighted by molar-refractivity contribution is -0.249. The number of ether oxygens (including phenoxy) is 5. The van der Waals surface area contributed by atoms with Crippen LogP contribution in [-0.2, 0) is 71.2 Å². The zero-order valence-corrected chi connectivity index (χ0v) is 71.2. The number of benzene rings is 3. The molecule has 1 aliphatic heterocycles. The van der Waals surface area contributed by atoms with Gasteiger partial charge < -0.3 is 59.6 Å². The van der Waals surface area contributed by atoms with Gasteiger partial charge in [0.25, 0.3) is 0 Å². The van der Waals surface area contributed by atoms with Crippen molar-refractivity contribution in [3.8, 4) is 0 Å². The highest BCUT2D eigenvalue weighted by Gasteiger charge is 2.51. The number of carboxylic acid groups (broad SMARTS) is 1. The molecule has 1 heterocycles. The summed E-state index contributed by atoms with van der Waals surface area (Å²) in [6.07, 6.45) is 47.2. The van der Waals surface area contributed by atoms with Gasteiger partial charge in [-0.1, -0.05) is 362 Å². The molecule has 0 radical (unpaired) electrons. The molecule has 19 heteroatoms. The number of phosphoric acid groups is 1. The third kappa shape index (κ3) is 52.2. The Morgan fingerprint density at radius 3 is 1.01 bits per heavy atom. The van der Waals surface area contributed by atoms with Crippen molar-refractivity contribution >= 4 is 31.5 Å². The second-order valence-electron chi connectivity index (χ2n) is 32.3. The molecule has 3 amide bonds. The number of carboxylic acids is 1. The van der Waals surface area contributed by atoms with Crippen molar-refractivity contribution in [1.29, 1.82) is 0 Å². The van der Waals surface area contributed by atoms with Crippen LogP contribution in [0.5, 0.6) is 0 Å². The fraction of sp³-hybridized carbons (Fsp3) is 0.763. The molecule has 0 spiro atoms. The molecule has 0 saturated carbocycles. The van der Waals surface area contributed by atoms with Crippen LogP contribution in [0.2, 0.25) is 0 Å². The van der Waals surface area contributed by atoms with Crippen molar-refractivity contribution in [3.05, 3.63) is 108 Å². The molecule has 1 saturated heterocycles. The monoisotopic (exact) mass is 1590 g/mol. The Bertz CT molecular complexity index is 2770. The number of aliphatic hydroxyl groups excluding tert-OH is 1. The van der Waals surface area contributed by atoms with E-state index in [0.29, 0.717) is 39.1 Å². The standard InChI is InChI=1S/C93H158N3O15P/c1-4-7-10-13-16-19-22-34-52-67-81(106-70-55-37-28-25-31-43-58-78-61-46-40-47-62-78)73-86(98)94-84(92(101)102)77-109-93-90(96-88(100)75-83(69-54-36-24-21-18-15-12-9-6-3)108-72-57-39-30-27-33-45-60-80-65-50-42-51-66-80)89(91(85(76-97)110-93)111-112(103,104)105)95-87(99)74-82(68-53-35-23-20-17-14-11-8-5-2)107-71-56-38-29-26-32-44-59-79-63-48-41-49-64-79/h40-42,46-51,61-66,81-85,89-91,93,97H,4-39,43-45,52-60,67-77H2,1-3H3,(H,94,98)(H,95,99)(H,96,100)(H,101,102)(H2,103,104,105)/t81-,82-,83-,84+,85?,89?,90?,91-,93-/m1/s1. The summed E-state index contributed by atoms with van der Waals surface area (Å²) in [5.41, 5.74) is 4.05. The lowest BCUT2D eigenvalue weighted by atomic mass is 9.93. The number of aryl methyl sites for hydroxylation is 3. The highest BCUT2D eigenvalue weighted by molar-refractivity contribution is 7.46. The van der Waals surface area contributed by atoms with E-state index in [1.165, 1.54) is 113 Å². The number of carbonyl (C=O) groups is 4. The van der Waals surface area contributed by atoms with Gasteiger partial charge in [0.2, 0.25) is 17.7 Å². The average Bonchev–Trinajstić information content (AvgIpc) is 0.779. The van der Waals surface area contributed by atoms with E-state index in [-0.39, 0.29) is 19.3 Å². The Morgan fingerprint density at radius 1 is 0.402 bits per heavy atom. The number of aliphatic hydroxyl groups is 1. The molecule has 0 aromatic heterocycles. The van der Waals surface area contributed by atoms with Crippen LogP contribution in [0.3, 0.4) is 0 Å². The van der Waals surface area contributed by atoms with Crippen LogP contribution in [0.1, 0.15) is 365 Å². The van der Waals surface area contributed by atoms with Crippen LogP contribution >= 0.6 is 7.82 Å². The molecule has 9 atom stereocenters. The van der Waals surface area contributed by atoms with Crippen molar-refractivity contribution in [2.45, 2.75) is 422 Å². The number of hydrogen-bond acceptors (Lipinski definition) is 12. The minimum absolute atomic E-state index is 0.0855. The van der Waals surface area contributed by atoms with Crippen LogP contribution in [0.25, 0.3) is 0 Å². The number of rotatable bonds is 76. The van der Waals surface area contributed by atoms with E-state index in [1.54, 1.807) is 0 Å².